The van der Waals surface area contributed by atoms with Gasteiger partial charge in [-0.25, -0.2) is 8.78 Å². The largest absolute Gasteiger partial charge is 0.338 e. The van der Waals surface area contributed by atoms with Crippen LogP contribution >= 0.6 is 0 Å². The summed E-state index contributed by atoms with van der Waals surface area (Å²) in [4.78, 5) is 9.74. The second kappa shape index (κ2) is 1.15. The van der Waals surface area contributed by atoms with E-state index in [0.717, 1.165) is 0 Å². The van der Waals surface area contributed by atoms with Crippen molar-refractivity contribution < 1.29 is 13.6 Å². The average Bonchev–Trinajstić information content (AvgIpc) is 2.17. The molecule has 0 radical (unpaired) electrons. The van der Waals surface area contributed by atoms with Crippen molar-refractivity contribution in [2.75, 3.05) is 0 Å². The quantitative estimate of drug-likeness (QED) is 0.461. The Balaban J connectivity index is 2.33. The predicted molar refractivity (Wildman–Crippen MR) is 17.9 cm³/mol. The topological polar surface area (TPSA) is 39.0 Å². The van der Waals surface area contributed by atoms with Crippen LogP contribution in [0.15, 0.2) is 0 Å². The fourth-order valence-corrected chi connectivity index (χ4v) is 0.289. The number of nitrogens with one attached hydrogen (secondary N) is 1. The van der Waals surface area contributed by atoms with Gasteiger partial charge < -0.3 is 5.32 Å². The van der Waals surface area contributed by atoms with Gasteiger partial charge in [-0.3, -0.25) is 4.79 Å². The smallest absolute Gasteiger partial charge is 0.267 e. The first-order valence-electron chi connectivity index (χ1n) is 1.80. The third kappa shape index (κ3) is 0.679. The van der Waals surface area contributed by atoms with Gasteiger partial charge >= 0.3 is 0 Å². The molecule has 40 valence electrons. The minimum Gasteiger partial charge on any atom is -0.338 e. The number of hydrogen-bond acceptors (Lipinski definition) is 1. The van der Waals surface area contributed by atoms with E-state index in [1.807, 2.05) is 5.32 Å². The minimum atomic E-state index is -2.52. The molecule has 1 amide bonds. The molecule has 1 rings (SSSR count). The summed E-state index contributed by atoms with van der Waals surface area (Å²) in [5, 5.41) is 1.94. The molecule has 2 nitrogen and oxygen atoms in total. The molecule has 1 N–H and O–H groups in total. The van der Waals surface area contributed by atoms with E-state index < -0.39 is 18.4 Å². The normalized spacial score (nSPS) is 27.9. The van der Waals surface area contributed by atoms with Crippen molar-refractivity contribution >= 4 is 5.91 Å². The highest BCUT2D eigenvalue weighted by Gasteiger charge is 2.41. The zero-order valence-corrected chi connectivity index (χ0v) is 3.32. The first-order valence-corrected chi connectivity index (χ1v) is 1.80. The Hall–Kier alpha value is -0.670. The summed E-state index contributed by atoms with van der Waals surface area (Å²) in [6.45, 7) is 0. The first kappa shape index (κ1) is 4.49. The number of alkyl halides is 2. The molecule has 4 heteroatoms. The SMILES string of the molecule is O=C1NC1C(F)F. The van der Waals surface area contributed by atoms with Gasteiger partial charge in [0.2, 0.25) is 5.91 Å². The molecule has 1 fully saturated rings. The maximum atomic E-state index is 11.2. The molecule has 0 bridgehead atoms. The fourth-order valence-electron chi connectivity index (χ4n) is 0.289. The standard InChI is InChI=1S/C3H3F2NO/c4-2(5)1-3(7)6-1/h1-2H,(H,6,7). The van der Waals surface area contributed by atoms with Gasteiger partial charge in [0.05, 0.1) is 0 Å². The van der Waals surface area contributed by atoms with E-state index in [-0.39, 0.29) is 0 Å². The van der Waals surface area contributed by atoms with Crippen LogP contribution in [0.1, 0.15) is 0 Å². The summed E-state index contributed by atoms with van der Waals surface area (Å²) in [5.41, 5.74) is 0. The number of carbonyl (C=O) groups excluding carboxylic acids is 1. The fraction of sp³-hybridized carbons (Fsp3) is 0.667. The van der Waals surface area contributed by atoms with Gasteiger partial charge in [-0.2, -0.15) is 0 Å². The molecule has 1 aliphatic heterocycles. The van der Waals surface area contributed by atoms with Crippen LogP contribution in [-0.4, -0.2) is 18.4 Å². The summed E-state index contributed by atoms with van der Waals surface area (Å²) < 4.78 is 22.4. The van der Waals surface area contributed by atoms with E-state index in [9.17, 15) is 13.6 Å². The highest BCUT2D eigenvalue weighted by molar-refractivity contribution is 5.97. The summed E-state index contributed by atoms with van der Waals surface area (Å²) in [6, 6.07) is -1.15. The summed E-state index contributed by atoms with van der Waals surface area (Å²) >= 11 is 0. The summed E-state index contributed by atoms with van der Waals surface area (Å²) in [5.74, 6) is -0.546. The molecule has 0 aromatic heterocycles. The predicted octanol–water partition coefficient (Wildman–Crippen LogP) is -0.250. The Bertz CT molecular complexity index is 103. The molecule has 1 aliphatic rings. The molecule has 0 aromatic carbocycles. The Morgan fingerprint density at radius 2 is 2.14 bits per heavy atom. The maximum Gasteiger partial charge on any atom is 0.267 e. The van der Waals surface area contributed by atoms with Crippen molar-refractivity contribution in [3.63, 3.8) is 0 Å². The van der Waals surface area contributed by atoms with Gasteiger partial charge in [-0.15, -0.1) is 0 Å². The van der Waals surface area contributed by atoms with Crippen LogP contribution in [0.5, 0.6) is 0 Å². The van der Waals surface area contributed by atoms with E-state index in [2.05, 4.69) is 0 Å². The number of carbonyl (C=O) groups is 1. The van der Waals surface area contributed by atoms with Gasteiger partial charge in [-0.05, 0) is 0 Å². The van der Waals surface area contributed by atoms with Crippen molar-refractivity contribution in [2.24, 2.45) is 0 Å². The second-order valence-electron chi connectivity index (χ2n) is 1.32. The van der Waals surface area contributed by atoms with Crippen LogP contribution in [-0.2, 0) is 4.79 Å². The summed E-state index contributed by atoms with van der Waals surface area (Å²) in [6.07, 6.45) is -2.52. The second-order valence-corrected chi connectivity index (χ2v) is 1.32. The zero-order chi connectivity index (χ0) is 5.44. The molecular weight excluding hydrogens is 104 g/mol. The number of hydrogen-bond donors (Lipinski definition) is 1. The monoisotopic (exact) mass is 107 g/mol. The van der Waals surface area contributed by atoms with Crippen LogP contribution in [0.4, 0.5) is 8.78 Å². The zero-order valence-electron chi connectivity index (χ0n) is 3.32. The molecule has 1 unspecified atom stereocenters. The van der Waals surface area contributed by atoms with E-state index in [1.54, 1.807) is 0 Å². The molecule has 0 aromatic rings. The summed E-state index contributed by atoms with van der Waals surface area (Å²) in [7, 11) is 0. The van der Waals surface area contributed by atoms with Crippen molar-refractivity contribution in [1.29, 1.82) is 0 Å². The van der Waals surface area contributed by atoms with Gasteiger partial charge in [0, 0.05) is 0 Å². The van der Waals surface area contributed by atoms with Gasteiger partial charge in [0.25, 0.3) is 6.43 Å². The Kier molecular flexibility index (Phi) is 0.736. The Morgan fingerprint density at radius 3 is 2.14 bits per heavy atom. The lowest BCUT2D eigenvalue weighted by Gasteiger charge is -1.81. The molecule has 1 atom stereocenters. The Labute approximate surface area is 38.5 Å². The van der Waals surface area contributed by atoms with Crippen molar-refractivity contribution in [3.8, 4) is 0 Å². The van der Waals surface area contributed by atoms with Crippen LogP contribution in [0.2, 0.25) is 0 Å². The lowest BCUT2D eigenvalue weighted by molar-refractivity contribution is -0.111. The van der Waals surface area contributed by atoms with Crippen LogP contribution in [0, 0.1) is 0 Å². The highest BCUT2D eigenvalue weighted by atomic mass is 19.3. The van der Waals surface area contributed by atoms with E-state index in [0.29, 0.717) is 0 Å². The number of amides is 1. The number of rotatable bonds is 1. The van der Waals surface area contributed by atoms with Crippen molar-refractivity contribution in [3.05, 3.63) is 0 Å². The molecule has 0 aliphatic carbocycles. The maximum absolute atomic E-state index is 11.2. The molecule has 0 saturated carbocycles. The van der Waals surface area contributed by atoms with Gasteiger partial charge in [0.15, 0.2) is 6.04 Å². The minimum absolute atomic E-state index is 0.546. The molecular formula is C3H3F2NO. The lowest BCUT2D eigenvalue weighted by Crippen LogP contribution is -2.03. The molecule has 7 heavy (non-hydrogen) atoms. The Morgan fingerprint density at radius 1 is 1.71 bits per heavy atom. The molecule has 1 heterocycles. The third-order valence-electron chi connectivity index (χ3n) is 0.749. The van der Waals surface area contributed by atoms with Crippen LogP contribution < -0.4 is 5.32 Å². The van der Waals surface area contributed by atoms with Gasteiger partial charge in [-0.1, -0.05) is 0 Å². The van der Waals surface area contributed by atoms with E-state index in [1.165, 1.54) is 0 Å². The first-order chi connectivity index (χ1) is 3.22. The average molecular weight is 107 g/mol. The molecule has 0 spiro atoms. The highest BCUT2D eigenvalue weighted by Crippen LogP contribution is 2.09. The van der Waals surface area contributed by atoms with Gasteiger partial charge in [0.1, 0.15) is 0 Å². The third-order valence-corrected chi connectivity index (χ3v) is 0.749. The van der Waals surface area contributed by atoms with Crippen molar-refractivity contribution in [2.45, 2.75) is 12.5 Å². The van der Waals surface area contributed by atoms with Crippen LogP contribution in [0.3, 0.4) is 0 Å². The van der Waals surface area contributed by atoms with E-state index in [4.69, 9.17) is 0 Å². The van der Waals surface area contributed by atoms with Crippen molar-refractivity contribution in [1.82, 2.24) is 5.32 Å². The van der Waals surface area contributed by atoms with E-state index >= 15 is 0 Å². The molecule has 1 saturated heterocycles. The van der Waals surface area contributed by atoms with Crippen LogP contribution in [0.25, 0.3) is 0 Å². The lowest BCUT2D eigenvalue weighted by atomic mass is 10.5. The number of halogens is 2.